The summed E-state index contributed by atoms with van der Waals surface area (Å²) < 4.78 is 24.5. The molecule has 10 heteroatoms. The summed E-state index contributed by atoms with van der Waals surface area (Å²) in [7, 11) is 2.02. The van der Waals surface area contributed by atoms with Crippen molar-refractivity contribution in [2.75, 3.05) is 20.2 Å². The maximum Gasteiger partial charge on any atom is 0.516 e. The Morgan fingerprint density at radius 2 is 2.02 bits per heavy atom. The zero-order valence-electron chi connectivity index (χ0n) is 23.7. The molecule has 218 valence electrons. The molecule has 2 bridgehead atoms. The topological polar surface area (TPSA) is 107 Å². The van der Waals surface area contributed by atoms with Gasteiger partial charge in [-0.1, -0.05) is 29.8 Å². The Balaban J connectivity index is 1.25. The summed E-state index contributed by atoms with van der Waals surface area (Å²) in [5.41, 5.74) is 0.0354. The third kappa shape index (κ3) is 3.69. The molecule has 6 atom stereocenters. The molecule has 3 heterocycles. The molecule has 1 spiro atoms. The number of likely N-dealkylation sites (tertiary alicyclic amines) is 1. The average molecular weight is 583 g/mol. The van der Waals surface area contributed by atoms with Crippen molar-refractivity contribution >= 4 is 23.5 Å². The van der Waals surface area contributed by atoms with E-state index in [9.17, 15) is 14.7 Å². The number of hydrogen-bond acceptors (Lipinski definition) is 9. The molecule has 0 aromatic heterocycles. The maximum atomic E-state index is 13.5. The normalized spacial score (nSPS) is 36.7. The van der Waals surface area contributed by atoms with Gasteiger partial charge in [-0.15, -0.1) is 0 Å². The van der Waals surface area contributed by atoms with Crippen molar-refractivity contribution in [3.05, 3.63) is 58.1 Å². The van der Waals surface area contributed by atoms with Crippen molar-refractivity contribution < 1.29 is 33.6 Å². The fourth-order valence-electron chi connectivity index (χ4n) is 8.19. The van der Waals surface area contributed by atoms with Crippen molar-refractivity contribution in [3.8, 4) is 11.5 Å². The SMILES string of the molecule is CC1NC(C)(C)COC1(OC(=O)Oc1ccc2c3c1OC1C(=O)CC[C@@]4(O)[C@@H](C2)N(C)CC[C@]314)c1cccc(Cl)c1. The Morgan fingerprint density at radius 1 is 1.22 bits per heavy atom. The molecule has 9 nitrogen and oxygen atoms in total. The first-order valence-electron chi connectivity index (χ1n) is 14.3. The Kier molecular flexibility index (Phi) is 5.90. The lowest BCUT2D eigenvalue weighted by Crippen LogP contribution is -2.76. The van der Waals surface area contributed by atoms with Gasteiger partial charge in [-0.2, -0.15) is 0 Å². The summed E-state index contributed by atoms with van der Waals surface area (Å²) in [6, 6.07) is 10.0. The van der Waals surface area contributed by atoms with Gasteiger partial charge in [0.1, 0.15) is 0 Å². The highest BCUT2D eigenvalue weighted by atomic mass is 35.5. The zero-order chi connectivity index (χ0) is 28.9. The van der Waals surface area contributed by atoms with Crippen LogP contribution in [0, 0.1) is 0 Å². The van der Waals surface area contributed by atoms with Crippen LogP contribution < -0.4 is 14.8 Å². The Morgan fingerprint density at radius 3 is 2.78 bits per heavy atom. The minimum absolute atomic E-state index is 0.0337. The largest absolute Gasteiger partial charge is 0.516 e. The summed E-state index contributed by atoms with van der Waals surface area (Å²) in [6.07, 6.45) is 0.0213. The molecule has 2 saturated heterocycles. The number of piperidine rings is 1. The lowest BCUT2D eigenvalue weighted by Gasteiger charge is -2.61. The molecule has 3 unspecified atom stereocenters. The van der Waals surface area contributed by atoms with Gasteiger partial charge in [0, 0.05) is 34.2 Å². The number of carbonyl (C=O) groups excluding carboxylic acids is 2. The predicted octanol–water partition coefficient (Wildman–Crippen LogP) is 3.85. The molecule has 2 N–H and O–H groups in total. The summed E-state index contributed by atoms with van der Waals surface area (Å²) in [4.78, 5) is 29.0. The van der Waals surface area contributed by atoms with Crippen LogP contribution in [0.3, 0.4) is 0 Å². The van der Waals surface area contributed by atoms with E-state index in [0.717, 1.165) is 17.7 Å². The molecule has 2 aromatic carbocycles. The summed E-state index contributed by atoms with van der Waals surface area (Å²) >= 11 is 6.31. The molecule has 41 heavy (non-hydrogen) atoms. The molecule has 3 aliphatic heterocycles. The van der Waals surface area contributed by atoms with Crippen LogP contribution in [0.25, 0.3) is 0 Å². The lowest BCUT2D eigenvalue weighted by atomic mass is 9.49. The molecule has 1 saturated carbocycles. The van der Waals surface area contributed by atoms with E-state index < -0.39 is 35.1 Å². The molecule has 3 fully saturated rings. The first-order chi connectivity index (χ1) is 19.4. The van der Waals surface area contributed by atoms with E-state index in [0.29, 0.717) is 35.6 Å². The Bertz CT molecular complexity index is 1460. The number of ether oxygens (including phenoxy) is 4. The first kappa shape index (κ1) is 27.2. The van der Waals surface area contributed by atoms with Crippen LogP contribution in [0.2, 0.25) is 5.02 Å². The molecular formula is C31H35ClN2O7. The average Bonchev–Trinajstić information content (AvgIpc) is 3.27. The predicted molar refractivity (Wildman–Crippen MR) is 149 cm³/mol. The van der Waals surface area contributed by atoms with Crippen molar-refractivity contribution in [2.24, 2.45) is 0 Å². The monoisotopic (exact) mass is 582 g/mol. The Hall–Kier alpha value is -2.69. The highest BCUT2D eigenvalue weighted by molar-refractivity contribution is 6.30. The maximum absolute atomic E-state index is 13.5. The number of Topliss-reactive ketones (excluding diaryl/α,β-unsaturated/α-hetero) is 1. The zero-order valence-corrected chi connectivity index (χ0v) is 24.4. The number of benzene rings is 2. The van der Waals surface area contributed by atoms with E-state index in [-0.39, 0.29) is 36.1 Å². The number of morpholine rings is 1. The van der Waals surface area contributed by atoms with Gasteiger partial charge in [0.05, 0.1) is 23.7 Å². The molecule has 0 amide bonds. The van der Waals surface area contributed by atoms with Crippen LogP contribution in [0.15, 0.2) is 36.4 Å². The number of aliphatic hydroxyl groups is 1. The van der Waals surface area contributed by atoms with E-state index in [2.05, 4.69) is 10.2 Å². The number of halogens is 1. The van der Waals surface area contributed by atoms with Crippen LogP contribution in [0.5, 0.6) is 11.5 Å². The fourth-order valence-corrected chi connectivity index (χ4v) is 8.38. The van der Waals surface area contributed by atoms with Gasteiger partial charge < -0.3 is 34.3 Å². The number of nitrogens with zero attached hydrogens (tertiary/aromatic N) is 1. The summed E-state index contributed by atoms with van der Waals surface area (Å²) in [5.74, 6) is -1.04. The first-order valence-corrected chi connectivity index (χ1v) is 14.6. The summed E-state index contributed by atoms with van der Waals surface area (Å²) in [6.45, 7) is 6.89. The van der Waals surface area contributed by atoms with E-state index in [1.807, 2.05) is 33.9 Å². The number of likely N-dealkylation sites (N-methyl/N-ethyl adjacent to an activating group) is 1. The van der Waals surface area contributed by atoms with Gasteiger partial charge >= 0.3 is 6.16 Å². The van der Waals surface area contributed by atoms with Gasteiger partial charge in [-0.05, 0) is 77.4 Å². The fraction of sp³-hybridized carbons (Fsp3) is 0.548. The van der Waals surface area contributed by atoms with Crippen molar-refractivity contribution in [2.45, 2.75) is 87.0 Å². The molecular weight excluding hydrogens is 548 g/mol. The number of ketones is 1. The number of hydrogen-bond donors (Lipinski definition) is 2. The highest BCUT2D eigenvalue weighted by Gasteiger charge is 2.73. The second kappa shape index (κ2) is 8.91. The van der Waals surface area contributed by atoms with Crippen LogP contribution >= 0.6 is 11.6 Å². The smallest absolute Gasteiger partial charge is 0.477 e. The van der Waals surface area contributed by atoms with Crippen molar-refractivity contribution in [3.63, 3.8) is 0 Å². The van der Waals surface area contributed by atoms with Crippen LogP contribution in [0.4, 0.5) is 4.79 Å². The minimum Gasteiger partial charge on any atom is -0.477 e. The molecule has 7 rings (SSSR count). The number of nitrogens with one attached hydrogen (secondary N) is 1. The second-order valence-electron chi connectivity index (χ2n) is 12.9. The van der Waals surface area contributed by atoms with E-state index in [4.69, 9.17) is 30.5 Å². The van der Waals surface area contributed by atoms with Gasteiger partial charge in [0.15, 0.2) is 23.4 Å². The van der Waals surface area contributed by atoms with Crippen LogP contribution in [-0.4, -0.2) is 71.5 Å². The van der Waals surface area contributed by atoms with Crippen LogP contribution in [-0.2, 0) is 31.9 Å². The van der Waals surface area contributed by atoms with Crippen molar-refractivity contribution in [1.82, 2.24) is 10.2 Å². The standard InChI is InChI=1S/C31H35ClN2O7/c1-17-31(38-16-28(2,3)33-17,19-6-5-7-20(32)15-19)41-27(36)39-22-9-8-18-14-23-30(37)11-10-21(35)26-29(30,12-13-34(23)4)24(18)25(22)40-26/h5-9,15,17,23,26,33,37H,10-14,16H2,1-4H3/t17?,23-,26?,29+,30-,31?/m1/s1. The Labute approximate surface area is 244 Å². The van der Waals surface area contributed by atoms with E-state index >= 15 is 0 Å². The lowest BCUT2D eigenvalue weighted by molar-refractivity contribution is -0.265. The van der Waals surface area contributed by atoms with Gasteiger partial charge in [0.2, 0.25) is 0 Å². The van der Waals surface area contributed by atoms with Gasteiger partial charge in [0.25, 0.3) is 5.79 Å². The quantitative estimate of drug-likeness (QED) is 0.412. The van der Waals surface area contributed by atoms with Gasteiger partial charge in [-0.25, -0.2) is 4.79 Å². The van der Waals surface area contributed by atoms with Crippen LogP contribution in [0.1, 0.15) is 56.7 Å². The van der Waals surface area contributed by atoms with E-state index in [1.165, 1.54) is 0 Å². The molecule has 0 radical (unpaired) electrons. The summed E-state index contributed by atoms with van der Waals surface area (Å²) in [5, 5.41) is 16.2. The third-order valence-electron chi connectivity index (χ3n) is 9.99. The third-order valence-corrected chi connectivity index (χ3v) is 10.2. The number of carbonyl (C=O) groups is 2. The van der Waals surface area contributed by atoms with E-state index in [1.54, 1.807) is 30.3 Å². The number of rotatable bonds is 3. The van der Waals surface area contributed by atoms with Crippen molar-refractivity contribution in [1.29, 1.82) is 0 Å². The second-order valence-corrected chi connectivity index (χ2v) is 13.3. The molecule has 2 aromatic rings. The molecule has 5 aliphatic rings. The minimum atomic E-state index is -1.50. The highest BCUT2D eigenvalue weighted by Crippen LogP contribution is 2.64. The van der Waals surface area contributed by atoms with Gasteiger partial charge in [-0.3, -0.25) is 4.79 Å². The molecule has 2 aliphatic carbocycles.